The first-order chi connectivity index (χ1) is 9.03. The number of hydrogen-bond acceptors (Lipinski definition) is 3. The van der Waals surface area contributed by atoms with Gasteiger partial charge in [-0.05, 0) is 18.9 Å². The summed E-state index contributed by atoms with van der Waals surface area (Å²) in [6.07, 6.45) is 0. The largest absolute Gasteiger partial charge is 0.389 e. The number of nitrogens with one attached hydrogen (secondary N) is 1. The molecule has 2 N–H and O–H groups in total. The predicted octanol–water partition coefficient (Wildman–Crippen LogP) is 1.79. The van der Waals surface area contributed by atoms with E-state index in [-0.39, 0.29) is 18.0 Å². The van der Waals surface area contributed by atoms with E-state index in [0.29, 0.717) is 6.07 Å². The van der Waals surface area contributed by atoms with Crippen LogP contribution in [0, 0.1) is 17.6 Å². The van der Waals surface area contributed by atoms with Gasteiger partial charge in [-0.1, -0.05) is 19.9 Å². The number of halogens is 2. The van der Waals surface area contributed by atoms with Gasteiger partial charge in [-0.3, -0.25) is 0 Å². The van der Waals surface area contributed by atoms with Crippen molar-refractivity contribution in [3.63, 3.8) is 0 Å². The summed E-state index contributed by atoms with van der Waals surface area (Å²) in [5.41, 5.74) is -1.32. The molecule has 114 valence electrons. The molecule has 1 aromatic rings. The third kappa shape index (κ3) is 4.81. The van der Waals surface area contributed by atoms with Crippen LogP contribution in [0.25, 0.3) is 0 Å². The fourth-order valence-corrected chi connectivity index (χ4v) is 2.61. The van der Waals surface area contributed by atoms with E-state index < -0.39 is 33.0 Å². The van der Waals surface area contributed by atoms with E-state index in [1.165, 1.54) is 6.92 Å². The van der Waals surface area contributed by atoms with Crippen molar-refractivity contribution in [3.8, 4) is 0 Å². The van der Waals surface area contributed by atoms with Crippen LogP contribution < -0.4 is 4.72 Å². The lowest BCUT2D eigenvalue weighted by Crippen LogP contribution is -2.44. The Morgan fingerprint density at radius 3 is 2.45 bits per heavy atom. The molecule has 0 saturated carbocycles. The molecule has 0 radical (unpaired) electrons. The summed E-state index contributed by atoms with van der Waals surface area (Å²) in [5, 5.41) is 9.96. The van der Waals surface area contributed by atoms with Gasteiger partial charge in [-0.2, -0.15) is 0 Å². The molecule has 0 heterocycles. The highest BCUT2D eigenvalue weighted by Gasteiger charge is 2.27. The van der Waals surface area contributed by atoms with Crippen molar-refractivity contribution in [2.24, 2.45) is 5.92 Å². The van der Waals surface area contributed by atoms with Gasteiger partial charge in [0.1, 0.15) is 11.6 Å². The first-order valence-corrected chi connectivity index (χ1v) is 7.82. The van der Waals surface area contributed by atoms with E-state index >= 15 is 0 Å². The molecule has 1 unspecified atom stereocenters. The number of rotatable bonds is 6. The van der Waals surface area contributed by atoms with Crippen molar-refractivity contribution >= 4 is 10.0 Å². The zero-order valence-electron chi connectivity index (χ0n) is 11.7. The van der Waals surface area contributed by atoms with Crippen LogP contribution in [0.2, 0.25) is 0 Å². The Kier molecular flexibility index (Phi) is 5.23. The van der Waals surface area contributed by atoms with Gasteiger partial charge in [0.15, 0.2) is 0 Å². The lowest BCUT2D eigenvalue weighted by Gasteiger charge is -2.27. The first-order valence-electron chi connectivity index (χ1n) is 6.17. The second kappa shape index (κ2) is 6.15. The minimum absolute atomic E-state index is 0.122. The van der Waals surface area contributed by atoms with Crippen LogP contribution >= 0.6 is 0 Å². The molecule has 20 heavy (non-hydrogen) atoms. The fourth-order valence-electron chi connectivity index (χ4n) is 1.35. The number of benzene rings is 1. The molecule has 1 rings (SSSR count). The van der Waals surface area contributed by atoms with Gasteiger partial charge in [0.2, 0.25) is 10.0 Å². The molecule has 1 aromatic carbocycles. The van der Waals surface area contributed by atoms with Crippen molar-refractivity contribution in [3.05, 3.63) is 35.4 Å². The summed E-state index contributed by atoms with van der Waals surface area (Å²) < 4.78 is 52.0. The number of aliphatic hydroxyl groups is 1. The van der Waals surface area contributed by atoms with Crippen LogP contribution in [0.1, 0.15) is 26.3 Å². The van der Waals surface area contributed by atoms with Crippen LogP contribution in [-0.2, 0) is 15.8 Å². The molecular weight excluding hydrogens is 288 g/mol. The van der Waals surface area contributed by atoms with E-state index in [2.05, 4.69) is 4.72 Å². The quantitative estimate of drug-likeness (QED) is 0.842. The number of hydrogen-bond donors (Lipinski definition) is 2. The summed E-state index contributed by atoms with van der Waals surface area (Å²) in [4.78, 5) is 0. The molecule has 0 aliphatic carbocycles. The van der Waals surface area contributed by atoms with Gasteiger partial charge < -0.3 is 5.11 Å². The first kappa shape index (κ1) is 17.0. The van der Waals surface area contributed by atoms with E-state index in [9.17, 15) is 22.3 Å². The Morgan fingerprint density at radius 2 is 1.95 bits per heavy atom. The van der Waals surface area contributed by atoms with Gasteiger partial charge in [0, 0.05) is 18.2 Å². The minimum Gasteiger partial charge on any atom is -0.389 e. The Morgan fingerprint density at radius 1 is 1.35 bits per heavy atom. The second-order valence-electron chi connectivity index (χ2n) is 5.33. The molecule has 0 aromatic heterocycles. The maximum atomic E-state index is 13.4. The lowest BCUT2D eigenvalue weighted by atomic mass is 9.93. The zero-order valence-corrected chi connectivity index (χ0v) is 12.5. The molecule has 0 aliphatic rings. The molecule has 0 spiro atoms. The monoisotopic (exact) mass is 307 g/mol. The standard InChI is InChI=1S/C13H19F2NO3S/c1-9(2)13(3,17)8-16-20(18,19)7-10-4-5-11(14)6-12(10)15/h4-6,9,16-17H,7-8H2,1-3H3. The predicted molar refractivity (Wildman–Crippen MR) is 72.4 cm³/mol. The molecule has 0 amide bonds. The van der Waals surface area contributed by atoms with E-state index in [1.54, 1.807) is 13.8 Å². The molecular formula is C13H19F2NO3S. The maximum Gasteiger partial charge on any atom is 0.215 e. The summed E-state index contributed by atoms with van der Waals surface area (Å²) >= 11 is 0. The molecule has 1 atom stereocenters. The van der Waals surface area contributed by atoms with E-state index in [4.69, 9.17) is 0 Å². The van der Waals surface area contributed by atoms with Crippen LogP contribution in [0.3, 0.4) is 0 Å². The maximum absolute atomic E-state index is 13.4. The topological polar surface area (TPSA) is 66.4 Å². The average Bonchev–Trinajstić information content (AvgIpc) is 2.30. The zero-order chi connectivity index (χ0) is 15.6. The Balaban J connectivity index is 2.76. The van der Waals surface area contributed by atoms with Gasteiger partial charge in [0.05, 0.1) is 11.4 Å². The Hall–Kier alpha value is -1.05. The summed E-state index contributed by atoms with van der Waals surface area (Å²) in [6.45, 7) is 4.86. The van der Waals surface area contributed by atoms with Crippen LogP contribution in [0.4, 0.5) is 8.78 Å². The molecule has 7 heteroatoms. The Bertz CT molecular complexity index is 571. The molecule has 0 saturated heterocycles. The third-order valence-electron chi connectivity index (χ3n) is 3.25. The SMILES string of the molecule is CC(C)C(C)(O)CNS(=O)(=O)Cc1ccc(F)cc1F. The van der Waals surface area contributed by atoms with Crippen molar-refractivity contribution in [1.82, 2.24) is 4.72 Å². The van der Waals surface area contributed by atoms with Crippen molar-refractivity contribution < 1.29 is 22.3 Å². The lowest BCUT2D eigenvalue weighted by molar-refractivity contribution is 0.0190. The highest BCUT2D eigenvalue weighted by molar-refractivity contribution is 7.88. The van der Waals surface area contributed by atoms with Crippen molar-refractivity contribution in [2.45, 2.75) is 32.1 Å². The van der Waals surface area contributed by atoms with Gasteiger partial charge in [-0.15, -0.1) is 0 Å². The summed E-state index contributed by atoms with van der Waals surface area (Å²) in [5.74, 6) is -2.43. The molecule has 0 fully saturated rings. The highest BCUT2D eigenvalue weighted by Crippen LogP contribution is 2.16. The smallest absolute Gasteiger partial charge is 0.215 e. The minimum atomic E-state index is -3.81. The van der Waals surface area contributed by atoms with Crippen LogP contribution in [0.15, 0.2) is 18.2 Å². The highest BCUT2D eigenvalue weighted by atomic mass is 32.2. The van der Waals surface area contributed by atoms with E-state index in [0.717, 1.165) is 12.1 Å². The summed E-state index contributed by atoms with van der Waals surface area (Å²) in [6, 6.07) is 2.72. The van der Waals surface area contributed by atoms with Crippen molar-refractivity contribution in [2.75, 3.05) is 6.54 Å². The Labute approximate surface area is 117 Å². The van der Waals surface area contributed by atoms with Gasteiger partial charge in [-0.25, -0.2) is 21.9 Å². The van der Waals surface area contributed by atoms with Crippen LogP contribution in [0.5, 0.6) is 0 Å². The molecule has 0 bridgehead atoms. The summed E-state index contributed by atoms with van der Waals surface area (Å²) in [7, 11) is -3.81. The van der Waals surface area contributed by atoms with E-state index in [1.807, 2.05) is 0 Å². The van der Waals surface area contributed by atoms with Crippen molar-refractivity contribution in [1.29, 1.82) is 0 Å². The number of sulfonamides is 1. The van der Waals surface area contributed by atoms with Crippen LogP contribution in [-0.4, -0.2) is 25.7 Å². The fraction of sp³-hybridized carbons (Fsp3) is 0.538. The molecule has 0 aliphatic heterocycles. The molecule has 4 nitrogen and oxygen atoms in total. The normalized spacial score (nSPS) is 15.3. The third-order valence-corrected chi connectivity index (χ3v) is 4.53. The average molecular weight is 307 g/mol. The van der Waals surface area contributed by atoms with Gasteiger partial charge in [0.25, 0.3) is 0 Å². The second-order valence-corrected chi connectivity index (χ2v) is 7.13. The van der Waals surface area contributed by atoms with Gasteiger partial charge >= 0.3 is 0 Å².